The molecule has 0 radical (unpaired) electrons. The number of hydrogen-bond acceptors (Lipinski definition) is 6. The van der Waals surface area contributed by atoms with Crippen molar-refractivity contribution in [2.45, 2.75) is 45.8 Å². The number of benzene rings is 2. The third kappa shape index (κ3) is 5.63. The number of halogens is 3. The lowest BCUT2D eigenvalue weighted by Crippen LogP contribution is -2.36. The van der Waals surface area contributed by atoms with E-state index in [1.54, 1.807) is 0 Å². The zero-order valence-electron chi connectivity index (χ0n) is 22.9. The topological polar surface area (TPSA) is 108 Å². The number of carboxylic acids is 1. The highest BCUT2D eigenvalue weighted by molar-refractivity contribution is 5.79. The Bertz CT molecular complexity index is 1580. The lowest BCUT2D eigenvalue weighted by molar-refractivity contribution is -0.137. The Morgan fingerprint density at radius 1 is 1.10 bits per heavy atom. The fraction of sp³-hybridized carbons (Fsp3) is 0.379. The molecule has 1 fully saturated rings. The van der Waals surface area contributed by atoms with Crippen LogP contribution in [0.15, 0.2) is 41.2 Å². The predicted molar refractivity (Wildman–Crippen MR) is 148 cm³/mol. The molecule has 3 aromatic rings. The van der Waals surface area contributed by atoms with Gasteiger partial charge < -0.3 is 20.2 Å². The summed E-state index contributed by atoms with van der Waals surface area (Å²) in [5, 5.41) is 16.8. The molecule has 1 saturated heterocycles. The quantitative estimate of drug-likeness (QED) is 0.466. The van der Waals surface area contributed by atoms with Crippen LogP contribution in [0.4, 0.5) is 24.5 Å². The second-order valence-electron chi connectivity index (χ2n) is 10.7. The standard InChI is InChI=1S/C29H30F3N5O4/c1-16-10-17(2)12-19(11-16)26-22-7-9-36(15-25(39)40)27(22)28(41)37(34-26)24-13-21(4-5-23(24)29(30,31)32)35-8-6-20(14-35)33-18(3)38/h4-5,10-13,20H,6-9,14-15H2,1-3H3,(H,33,38)(H,39,40)/t20-/m1/s1. The van der Waals surface area contributed by atoms with Gasteiger partial charge in [0.15, 0.2) is 0 Å². The highest BCUT2D eigenvalue weighted by atomic mass is 19.4. The first-order valence-electron chi connectivity index (χ1n) is 13.3. The molecular weight excluding hydrogens is 539 g/mol. The lowest BCUT2D eigenvalue weighted by atomic mass is 10.0. The number of hydrogen-bond donors (Lipinski definition) is 2. The number of carbonyl (C=O) groups excluding carboxylic acids is 1. The van der Waals surface area contributed by atoms with Gasteiger partial charge >= 0.3 is 12.1 Å². The minimum atomic E-state index is -4.79. The van der Waals surface area contributed by atoms with Gasteiger partial charge in [0, 0.05) is 49.4 Å². The van der Waals surface area contributed by atoms with Gasteiger partial charge in [-0.15, -0.1) is 0 Å². The molecule has 2 aromatic carbocycles. The number of anilines is 2. The molecular formula is C29H30F3N5O4. The summed E-state index contributed by atoms with van der Waals surface area (Å²) in [5.41, 5.74) is 1.50. The first-order chi connectivity index (χ1) is 19.3. The molecule has 2 aliphatic rings. The van der Waals surface area contributed by atoms with Crippen molar-refractivity contribution in [2.24, 2.45) is 0 Å². The maximum absolute atomic E-state index is 14.3. The lowest BCUT2D eigenvalue weighted by Gasteiger charge is -2.23. The molecule has 0 unspecified atom stereocenters. The van der Waals surface area contributed by atoms with Crippen LogP contribution in [-0.2, 0) is 22.2 Å². The number of aryl methyl sites for hydroxylation is 2. The van der Waals surface area contributed by atoms with E-state index in [1.165, 1.54) is 24.0 Å². The number of aliphatic carboxylic acids is 1. The third-order valence-electron chi connectivity index (χ3n) is 7.41. The molecule has 216 valence electrons. The van der Waals surface area contributed by atoms with Crippen molar-refractivity contribution in [3.8, 4) is 16.9 Å². The fourth-order valence-electron chi connectivity index (χ4n) is 5.83. The van der Waals surface area contributed by atoms with Crippen LogP contribution in [0.25, 0.3) is 16.9 Å². The number of rotatable bonds is 6. The molecule has 12 heteroatoms. The van der Waals surface area contributed by atoms with E-state index in [2.05, 4.69) is 10.4 Å². The maximum Gasteiger partial charge on any atom is 0.418 e. The molecule has 9 nitrogen and oxygen atoms in total. The van der Waals surface area contributed by atoms with Gasteiger partial charge in [-0.25, -0.2) is 0 Å². The largest absolute Gasteiger partial charge is 0.480 e. The predicted octanol–water partition coefficient (Wildman–Crippen LogP) is 3.70. The summed E-state index contributed by atoms with van der Waals surface area (Å²) in [7, 11) is 0. The molecule has 2 N–H and O–H groups in total. The highest BCUT2D eigenvalue weighted by Gasteiger charge is 2.37. The Morgan fingerprint density at radius 2 is 1.80 bits per heavy atom. The van der Waals surface area contributed by atoms with E-state index < -0.39 is 35.5 Å². The van der Waals surface area contributed by atoms with Crippen molar-refractivity contribution in [3.63, 3.8) is 0 Å². The van der Waals surface area contributed by atoms with Crippen molar-refractivity contribution in [1.82, 2.24) is 15.1 Å². The fourth-order valence-corrected chi connectivity index (χ4v) is 5.83. The normalized spacial score (nSPS) is 16.7. The van der Waals surface area contributed by atoms with Gasteiger partial charge in [-0.3, -0.25) is 14.4 Å². The monoisotopic (exact) mass is 569 g/mol. The molecule has 1 atom stereocenters. The van der Waals surface area contributed by atoms with E-state index in [0.717, 1.165) is 21.9 Å². The van der Waals surface area contributed by atoms with Crippen LogP contribution in [0.5, 0.6) is 0 Å². The van der Waals surface area contributed by atoms with Crippen LogP contribution >= 0.6 is 0 Å². The van der Waals surface area contributed by atoms with Gasteiger partial charge in [0.25, 0.3) is 5.56 Å². The minimum absolute atomic E-state index is 0.0435. The van der Waals surface area contributed by atoms with Crippen LogP contribution in [0.2, 0.25) is 0 Å². The van der Waals surface area contributed by atoms with Crippen molar-refractivity contribution in [1.29, 1.82) is 0 Å². The van der Waals surface area contributed by atoms with E-state index in [0.29, 0.717) is 48.4 Å². The number of alkyl halides is 3. The Hall–Kier alpha value is -4.35. The first-order valence-corrected chi connectivity index (χ1v) is 13.3. The van der Waals surface area contributed by atoms with Crippen molar-refractivity contribution >= 4 is 23.3 Å². The summed E-state index contributed by atoms with van der Waals surface area (Å²) in [6.45, 7) is 5.84. The number of carboxylic acid groups (broad SMARTS) is 1. The summed E-state index contributed by atoms with van der Waals surface area (Å²) in [4.78, 5) is 40.2. The van der Waals surface area contributed by atoms with Crippen LogP contribution in [-0.4, -0.2) is 59.0 Å². The summed E-state index contributed by atoms with van der Waals surface area (Å²) in [5.74, 6) is -1.35. The van der Waals surface area contributed by atoms with Crippen LogP contribution in [0, 0.1) is 13.8 Å². The molecule has 3 heterocycles. The van der Waals surface area contributed by atoms with Gasteiger partial charge in [-0.05, 0) is 57.0 Å². The smallest absolute Gasteiger partial charge is 0.418 e. The zero-order chi connectivity index (χ0) is 29.6. The van der Waals surface area contributed by atoms with Gasteiger partial charge in [0.05, 0.1) is 16.9 Å². The van der Waals surface area contributed by atoms with E-state index in [-0.39, 0.29) is 24.2 Å². The Kier molecular flexibility index (Phi) is 7.26. The Balaban J connectivity index is 1.73. The maximum atomic E-state index is 14.3. The third-order valence-corrected chi connectivity index (χ3v) is 7.41. The molecule has 0 aliphatic carbocycles. The van der Waals surface area contributed by atoms with E-state index in [9.17, 15) is 32.7 Å². The molecule has 0 saturated carbocycles. The van der Waals surface area contributed by atoms with E-state index in [1.807, 2.05) is 36.9 Å². The van der Waals surface area contributed by atoms with E-state index in [4.69, 9.17) is 0 Å². The van der Waals surface area contributed by atoms with Gasteiger partial charge in [0.1, 0.15) is 12.2 Å². The number of fused-ring (bicyclic) bond motifs is 1. The van der Waals surface area contributed by atoms with E-state index >= 15 is 0 Å². The second kappa shape index (κ2) is 10.6. The Morgan fingerprint density at radius 3 is 2.44 bits per heavy atom. The zero-order valence-corrected chi connectivity index (χ0v) is 22.9. The van der Waals surface area contributed by atoms with Gasteiger partial charge in [-0.1, -0.05) is 17.2 Å². The summed E-state index contributed by atoms with van der Waals surface area (Å²) >= 11 is 0. The van der Waals surface area contributed by atoms with Crippen LogP contribution in [0.3, 0.4) is 0 Å². The molecule has 0 spiro atoms. The number of nitrogens with zero attached hydrogens (tertiary/aromatic N) is 4. The molecule has 1 amide bonds. The molecule has 2 aliphatic heterocycles. The van der Waals surface area contributed by atoms with Gasteiger partial charge in [-0.2, -0.15) is 23.0 Å². The highest BCUT2D eigenvalue weighted by Crippen LogP contribution is 2.38. The summed E-state index contributed by atoms with van der Waals surface area (Å²) < 4.78 is 43.8. The Labute approximate surface area is 234 Å². The van der Waals surface area contributed by atoms with Crippen molar-refractivity contribution in [3.05, 3.63) is 69.0 Å². The van der Waals surface area contributed by atoms with Crippen molar-refractivity contribution in [2.75, 3.05) is 36.0 Å². The van der Waals surface area contributed by atoms with Crippen molar-refractivity contribution < 1.29 is 27.9 Å². The number of nitrogens with one attached hydrogen (secondary N) is 1. The summed E-state index contributed by atoms with van der Waals surface area (Å²) in [6.07, 6.45) is -3.84. The molecule has 5 rings (SSSR count). The second-order valence-corrected chi connectivity index (χ2v) is 10.7. The summed E-state index contributed by atoms with van der Waals surface area (Å²) in [6, 6.07) is 9.06. The molecule has 1 aromatic heterocycles. The minimum Gasteiger partial charge on any atom is -0.480 e. The molecule has 41 heavy (non-hydrogen) atoms. The van der Waals surface area contributed by atoms with Crippen LogP contribution in [0.1, 0.15) is 35.6 Å². The SMILES string of the molecule is CC(=O)N[C@@H]1CCN(c2ccc(C(F)(F)F)c(-n3nc(-c4cc(C)cc(C)c4)c4c(c3=O)N(CC(=O)O)CC4)c2)C1. The number of carbonyl (C=O) groups is 2. The number of amides is 1. The number of aromatic nitrogens is 2. The van der Waals surface area contributed by atoms with Crippen LogP contribution < -0.4 is 20.7 Å². The average molecular weight is 570 g/mol. The first kappa shape index (κ1) is 28.2. The molecule has 0 bridgehead atoms. The average Bonchev–Trinajstić information content (AvgIpc) is 3.50. The van der Waals surface area contributed by atoms with Gasteiger partial charge in [0.2, 0.25) is 5.91 Å².